The first-order valence-electron chi connectivity index (χ1n) is 7.07. The Hall–Kier alpha value is -1.40. The number of rotatable bonds is 5. The number of ether oxygens (including phenoxy) is 1. The van der Waals surface area contributed by atoms with E-state index in [0.29, 0.717) is 19.2 Å². The summed E-state index contributed by atoms with van der Waals surface area (Å²) >= 11 is 0. The Bertz CT molecular complexity index is 458. The summed E-state index contributed by atoms with van der Waals surface area (Å²) in [7, 11) is 3.83. The molecule has 1 aromatic rings. The standard InChI is InChI=1S/C14H24N4O2/c1-10(2)17(3)9-13(19)16-12-5-6-20-14(12)11-7-15-18(4)8-11/h7-8,10,12,14H,5-6,9H2,1-4H3,(H,16,19)/t12-,14+/m0/s1. The van der Waals surface area contributed by atoms with E-state index in [1.807, 2.05) is 25.2 Å². The molecule has 6 heteroatoms. The van der Waals surface area contributed by atoms with Gasteiger partial charge in [-0.2, -0.15) is 5.10 Å². The summed E-state index contributed by atoms with van der Waals surface area (Å²) in [6.07, 6.45) is 4.50. The van der Waals surface area contributed by atoms with Crippen LogP contribution in [-0.4, -0.2) is 52.9 Å². The zero-order valence-corrected chi connectivity index (χ0v) is 12.7. The maximum atomic E-state index is 12.1. The predicted molar refractivity (Wildman–Crippen MR) is 76.2 cm³/mol. The van der Waals surface area contributed by atoms with Crippen molar-refractivity contribution in [2.45, 2.75) is 38.5 Å². The van der Waals surface area contributed by atoms with Gasteiger partial charge in [-0.25, -0.2) is 0 Å². The van der Waals surface area contributed by atoms with Crippen molar-refractivity contribution >= 4 is 5.91 Å². The van der Waals surface area contributed by atoms with Crippen molar-refractivity contribution in [3.05, 3.63) is 18.0 Å². The topological polar surface area (TPSA) is 59.4 Å². The van der Waals surface area contributed by atoms with Crippen LogP contribution in [-0.2, 0) is 16.6 Å². The molecular weight excluding hydrogens is 256 g/mol. The average Bonchev–Trinajstić information content (AvgIpc) is 2.97. The number of amides is 1. The van der Waals surface area contributed by atoms with Crippen molar-refractivity contribution in [2.75, 3.05) is 20.2 Å². The molecule has 0 bridgehead atoms. The Labute approximate surface area is 120 Å². The van der Waals surface area contributed by atoms with Crippen molar-refractivity contribution in [3.8, 4) is 0 Å². The van der Waals surface area contributed by atoms with Gasteiger partial charge in [-0.1, -0.05) is 0 Å². The van der Waals surface area contributed by atoms with Crippen LogP contribution in [0.3, 0.4) is 0 Å². The van der Waals surface area contributed by atoms with Crippen LogP contribution in [0.4, 0.5) is 0 Å². The molecule has 1 fully saturated rings. The molecule has 6 nitrogen and oxygen atoms in total. The monoisotopic (exact) mass is 280 g/mol. The molecule has 0 radical (unpaired) electrons. The zero-order chi connectivity index (χ0) is 14.7. The Morgan fingerprint density at radius 2 is 2.40 bits per heavy atom. The number of hydrogen-bond donors (Lipinski definition) is 1. The second kappa shape index (κ2) is 6.37. The van der Waals surface area contributed by atoms with Crippen LogP contribution >= 0.6 is 0 Å². The van der Waals surface area contributed by atoms with E-state index in [4.69, 9.17) is 4.74 Å². The van der Waals surface area contributed by atoms with Crippen molar-refractivity contribution < 1.29 is 9.53 Å². The number of carbonyl (C=O) groups excluding carboxylic acids is 1. The van der Waals surface area contributed by atoms with Gasteiger partial charge in [0, 0.05) is 31.5 Å². The number of nitrogens with one attached hydrogen (secondary N) is 1. The van der Waals surface area contributed by atoms with Gasteiger partial charge in [-0.05, 0) is 27.3 Å². The normalized spacial score (nSPS) is 22.7. The lowest BCUT2D eigenvalue weighted by Crippen LogP contribution is -2.43. The summed E-state index contributed by atoms with van der Waals surface area (Å²) in [5.74, 6) is 0.0468. The first-order chi connectivity index (χ1) is 9.47. The van der Waals surface area contributed by atoms with Crippen LogP contribution in [0.15, 0.2) is 12.4 Å². The lowest BCUT2D eigenvalue weighted by Gasteiger charge is -2.23. The minimum Gasteiger partial charge on any atom is -0.371 e. The van der Waals surface area contributed by atoms with E-state index in [2.05, 4.69) is 24.3 Å². The fourth-order valence-corrected chi connectivity index (χ4v) is 2.31. The molecule has 0 aliphatic carbocycles. The molecule has 1 aliphatic heterocycles. The van der Waals surface area contributed by atoms with Crippen LogP contribution in [0.2, 0.25) is 0 Å². The predicted octanol–water partition coefficient (Wildman–Crippen LogP) is 0.706. The SMILES string of the molecule is CC(C)N(C)CC(=O)N[C@H]1CCO[C@@H]1c1cnn(C)c1. The molecule has 1 amide bonds. The van der Waals surface area contributed by atoms with Crippen LogP contribution in [0.1, 0.15) is 31.9 Å². The smallest absolute Gasteiger partial charge is 0.234 e. The molecule has 2 heterocycles. The molecule has 0 spiro atoms. The van der Waals surface area contributed by atoms with E-state index in [1.54, 1.807) is 10.9 Å². The Kier molecular flexibility index (Phi) is 4.77. The molecule has 2 atom stereocenters. The van der Waals surface area contributed by atoms with Crippen LogP contribution in [0.25, 0.3) is 0 Å². The van der Waals surface area contributed by atoms with Gasteiger partial charge in [0.05, 0.1) is 18.8 Å². The molecule has 1 N–H and O–H groups in total. The van der Waals surface area contributed by atoms with Crippen LogP contribution < -0.4 is 5.32 Å². The summed E-state index contributed by atoms with van der Waals surface area (Å²) in [6.45, 7) is 5.23. The fourth-order valence-electron chi connectivity index (χ4n) is 2.31. The quantitative estimate of drug-likeness (QED) is 0.863. The maximum absolute atomic E-state index is 12.1. The summed E-state index contributed by atoms with van der Waals surface area (Å²) < 4.78 is 7.49. The van der Waals surface area contributed by atoms with Crippen LogP contribution in [0, 0.1) is 0 Å². The third-order valence-corrected chi connectivity index (χ3v) is 3.77. The van der Waals surface area contributed by atoms with Gasteiger partial charge in [0.25, 0.3) is 0 Å². The van der Waals surface area contributed by atoms with Crippen molar-refractivity contribution in [1.29, 1.82) is 0 Å². The third kappa shape index (κ3) is 3.58. The molecule has 0 unspecified atom stereocenters. The van der Waals surface area contributed by atoms with Crippen molar-refractivity contribution in [1.82, 2.24) is 20.0 Å². The highest BCUT2D eigenvalue weighted by Crippen LogP contribution is 2.28. The molecule has 1 saturated heterocycles. The summed E-state index contributed by atoms with van der Waals surface area (Å²) in [6, 6.07) is 0.391. The van der Waals surface area contributed by atoms with Gasteiger partial charge in [0.1, 0.15) is 6.10 Å². The van der Waals surface area contributed by atoms with E-state index in [0.717, 1.165) is 12.0 Å². The van der Waals surface area contributed by atoms with E-state index in [9.17, 15) is 4.79 Å². The lowest BCUT2D eigenvalue weighted by atomic mass is 10.1. The first-order valence-corrected chi connectivity index (χ1v) is 7.07. The highest BCUT2D eigenvalue weighted by atomic mass is 16.5. The number of carbonyl (C=O) groups is 1. The van der Waals surface area contributed by atoms with Crippen molar-refractivity contribution in [2.24, 2.45) is 7.05 Å². The third-order valence-electron chi connectivity index (χ3n) is 3.77. The maximum Gasteiger partial charge on any atom is 0.234 e. The van der Waals surface area contributed by atoms with Gasteiger partial charge >= 0.3 is 0 Å². The Morgan fingerprint density at radius 3 is 3.00 bits per heavy atom. The Balaban J connectivity index is 1.93. The fraction of sp³-hybridized carbons (Fsp3) is 0.714. The van der Waals surface area contributed by atoms with E-state index >= 15 is 0 Å². The van der Waals surface area contributed by atoms with E-state index in [-0.39, 0.29) is 18.1 Å². The van der Waals surface area contributed by atoms with Gasteiger partial charge in [0.15, 0.2) is 0 Å². The molecular formula is C14H24N4O2. The van der Waals surface area contributed by atoms with Gasteiger partial charge in [-0.3, -0.25) is 14.4 Å². The number of hydrogen-bond acceptors (Lipinski definition) is 4. The molecule has 1 aliphatic rings. The molecule has 1 aromatic heterocycles. The molecule has 20 heavy (non-hydrogen) atoms. The number of aromatic nitrogens is 2. The second-order valence-electron chi connectivity index (χ2n) is 5.71. The highest BCUT2D eigenvalue weighted by molar-refractivity contribution is 5.78. The average molecular weight is 280 g/mol. The minimum atomic E-state index is -0.0861. The zero-order valence-electron chi connectivity index (χ0n) is 12.7. The molecule has 0 saturated carbocycles. The van der Waals surface area contributed by atoms with E-state index in [1.165, 1.54) is 0 Å². The number of likely N-dealkylation sites (N-methyl/N-ethyl adjacent to an activating group) is 1. The first kappa shape index (κ1) is 15.0. The molecule has 2 rings (SSSR count). The minimum absolute atomic E-state index is 0.0345. The van der Waals surface area contributed by atoms with Crippen LogP contribution in [0.5, 0.6) is 0 Å². The van der Waals surface area contributed by atoms with Gasteiger partial charge < -0.3 is 10.1 Å². The summed E-state index contributed by atoms with van der Waals surface area (Å²) in [5.41, 5.74) is 1.02. The van der Waals surface area contributed by atoms with Gasteiger partial charge in [-0.15, -0.1) is 0 Å². The summed E-state index contributed by atoms with van der Waals surface area (Å²) in [5, 5.41) is 7.24. The molecule has 0 aromatic carbocycles. The van der Waals surface area contributed by atoms with Crippen molar-refractivity contribution in [3.63, 3.8) is 0 Å². The second-order valence-corrected chi connectivity index (χ2v) is 5.71. The number of nitrogens with zero attached hydrogens (tertiary/aromatic N) is 3. The van der Waals surface area contributed by atoms with E-state index < -0.39 is 0 Å². The largest absolute Gasteiger partial charge is 0.371 e. The van der Waals surface area contributed by atoms with Gasteiger partial charge in [0.2, 0.25) is 5.91 Å². The lowest BCUT2D eigenvalue weighted by molar-refractivity contribution is -0.123. The molecule has 112 valence electrons. The highest BCUT2D eigenvalue weighted by Gasteiger charge is 2.31. The Morgan fingerprint density at radius 1 is 1.65 bits per heavy atom. The summed E-state index contributed by atoms with van der Waals surface area (Å²) in [4.78, 5) is 14.1. The number of aryl methyl sites for hydroxylation is 1.